The number of halogens is 17. The Kier molecular flexibility index (Phi) is 8.05. The topological polar surface area (TPSA) is 36.9 Å². The average molecular weight is 566 g/mol. The monoisotopic (exact) mass is 566 g/mol. The third-order valence-corrected chi connectivity index (χ3v) is 4.08. The van der Waals surface area contributed by atoms with Crippen LogP contribution in [0.2, 0.25) is 0 Å². The second-order valence-corrected chi connectivity index (χ2v) is 7.43. The molecule has 0 saturated carbocycles. The molecular formula is C14H11F17O4. The highest BCUT2D eigenvalue weighted by Gasteiger charge is 2.85. The van der Waals surface area contributed by atoms with E-state index in [1.807, 2.05) is 0 Å². The second kappa shape index (κ2) is 8.89. The van der Waals surface area contributed by atoms with Crippen molar-refractivity contribution in [1.29, 1.82) is 0 Å². The first-order valence-electron chi connectivity index (χ1n) is 8.35. The molecule has 0 N–H and O–H groups in total. The van der Waals surface area contributed by atoms with Gasteiger partial charge in [0, 0.05) is 5.41 Å². The van der Waals surface area contributed by atoms with Crippen LogP contribution < -0.4 is 0 Å². The van der Waals surface area contributed by atoms with Crippen LogP contribution in [0, 0.1) is 5.41 Å². The molecule has 210 valence electrons. The molecule has 1 aliphatic rings. The number of hydrogen-bond acceptors (Lipinski definition) is 4. The average Bonchev–Trinajstić information content (AvgIpc) is 2.56. The van der Waals surface area contributed by atoms with Crippen LogP contribution in [0.3, 0.4) is 0 Å². The highest BCUT2D eigenvalue weighted by Crippen LogP contribution is 2.56. The predicted molar refractivity (Wildman–Crippen MR) is 72.6 cm³/mol. The lowest BCUT2D eigenvalue weighted by Gasteiger charge is -2.41. The summed E-state index contributed by atoms with van der Waals surface area (Å²) in [5, 5.41) is 0. The van der Waals surface area contributed by atoms with Gasteiger partial charge in [0.2, 0.25) is 0 Å². The molecule has 2 atom stereocenters. The standard InChI is InChI=1S/C14H11F17O4/c1-6(2-32-3-6)4-33-5-7(15,10(19,20)21)34-14(30,31)9(18,12(25,26)27)35-13(28,29)8(16,17)11(22,23)24/h2-5H2,1H3. The molecule has 1 saturated heterocycles. The smallest absolute Gasteiger partial charge is 0.380 e. The largest absolute Gasteiger partial charge is 0.462 e. The third-order valence-electron chi connectivity index (χ3n) is 4.08. The zero-order chi connectivity index (χ0) is 28.2. The maximum absolute atomic E-state index is 14.2. The van der Waals surface area contributed by atoms with E-state index in [1.165, 1.54) is 11.7 Å². The lowest BCUT2D eigenvalue weighted by molar-refractivity contribution is -0.553. The molecule has 0 aliphatic carbocycles. The quantitative estimate of drug-likeness (QED) is 0.309. The first-order chi connectivity index (χ1) is 15.1. The van der Waals surface area contributed by atoms with E-state index in [0.29, 0.717) is 0 Å². The van der Waals surface area contributed by atoms with Crippen molar-refractivity contribution in [3.63, 3.8) is 0 Å². The molecule has 1 rings (SSSR count). The van der Waals surface area contributed by atoms with E-state index in [-0.39, 0.29) is 13.2 Å². The van der Waals surface area contributed by atoms with Gasteiger partial charge in [-0.05, 0) is 0 Å². The van der Waals surface area contributed by atoms with Gasteiger partial charge >= 0.3 is 48.4 Å². The van der Waals surface area contributed by atoms with Gasteiger partial charge in [-0.25, -0.2) is 0 Å². The van der Waals surface area contributed by atoms with Crippen LogP contribution in [0.15, 0.2) is 0 Å². The highest BCUT2D eigenvalue weighted by molar-refractivity contribution is 4.95. The Balaban J connectivity index is 3.39. The molecule has 0 aromatic rings. The molecule has 0 amide bonds. The van der Waals surface area contributed by atoms with E-state index in [2.05, 4.69) is 14.2 Å². The van der Waals surface area contributed by atoms with E-state index in [1.54, 1.807) is 0 Å². The van der Waals surface area contributed by atoms with Crippen molar-refractivity contribution in [1.82, 2.24) is 0 Å². The van der Waals surface area contributed by atoms with Crippen molar-refractivity contribution < 1.29 is 93.6 Å². The van der Waals surface area contributed by atoms with Crippen molar-refractivity contribution in [2.75, 3.05) is 26.4 Å². The van der Waals surface area contributed by atoms with Crippen molar-refractivity contribution in [3.8, 4) is 0 Å². The number of rotatable bonds is 10. The summed E-state index contributed by atoms with van der Waals surface area (Å²) >= 11 is 0. The van der Waals surface area contributed by atoms with Gasteiger partial charge in [-0.1, -0.05) is 6.92 Å². The molecule has 4 nitrogen and oxygen atoms in total. The van der Waals surface area contributed by atoms with Gasteiger partial charge in [0.25, 0.3) is 0 Å². The van der Waals surface area contributed by atoms with Gasteiger partial charge in [0.15, 0.2) is 0 Å². The molecule has 0 aromatic heterocycles. The lowest BCUT2D eigenvalue weighted by Crippen LogP contribution is -2.67. The van der Waals surface area contributed by atoms with Gasteiger partial charge in [-0.3, -0.25) is 9.47 Å². The molecule has 0 spiro atoms. The Morgan fingerprint density at radius 2 is 1.09 bits per heavy atom. The summed E-state index contributed by atoms with van der Waals surface area (Å²) in [6.45, 7) is -3.03. The molecule has 1 aliphatic heterocycles. The van der Waals surface area contributed by atoms with E-state index in [0.717, 1.165) is 0 Å². The Morgan fingerprint density at radius 1 is 0.629 bits per heavy atom. The highest BCUT2D eigenvalue weighted by atomic mass is 19.4. The van der Waals surface area contributed by atoms with Crippen LogP contribution in [-0.2, 0) is 18.9 Å². The van der Waals surface area contributed by atoms with E-state index < -0.39 is 67.0 Å². The fraction of sp³-hybridized carbons (Fsp3) is 1.00. The van der Waals surface area contributed by atoms with Crippen LogP contribution in [0.25, 0.3) is 0 Å². The molecule has 0 radical (unpaired) electrons. The van der Waals surface area contributed by atoms with Crippen molar-refractivity contribution in [2.24, 2.45) is 5.41 Å². The molecule has 35 heavy (non-hydrogen) atoms. The Bertz CT molecular complexity index is 741. The minimum absolute atomic E-state index is 0.243. The lowest BCUT2D eigenvalue weighted by atomic mass is 9.90. The maximum atomic E-state index is 14.2. The normalized spacial score (nSPS) is 21.8. The van der Waals surface area contributed by atoms with Crippen LogP contribution in [-0.4, -0.2) is 74.8 Å². The number of alkyl halides is 17. The fourth-order valence-electron chi connectivity index (χ4n) is 2.09. The van der Waals surface area contributed by atoms with Crippen LogP contribution in [0.1, 0.15) is 6.92 Å². The van der Waals surface area contributed by atoms with Crippen molar-refractivity contribution in [3.05, 3.63) is 0 Å². The molecule has 1 fully saturated rings. The van der Waals surface area contributed by atoms with E-state index >= 15 is 0 Å². The molecule has 21 heteroatoms. The van der Waals surface area contributed by atoms with Crippen LogP contribution >= 0.6 is 0 Å². The minimum Gasteiger partial charge on any atom is -0.380 e. The van der Waals surface area contributed by atoms with Gasteiger partial charge in [0.05, 0.1) is 19.8 Å². The summed E-state index contributed by atoms with van der Waals surface area (Å²) in [6.07, 6.45) is -37.7. The second-order valence-electron chi connectivity index (χ2n) is 7.43. The number of ether oxygens (including phenoxy) is 4. The third kappa shape index (κ3) is 5.97. The van der Waals surface area contributed by atoms with Gasteiger partial charge in [-0.15, -0.1) is 0 Å². The SMILES string of the molecule is CC1(COCC(F)(OC(F)(F)C(F)(OC(F)(F)C(F)(F)C(F)(F)F)C(F)(F)F)C(F)(F)F)COC1. The Hall–Kier alpha value is -1.35. The fourth-order valence-corrected chi connectivity index (χ4v) is 2.09. The van der Waals surface area contributed by atoms with E-state index in [4.69, 9.17) is 0 Å². The van der Waals surface area contributed by atoms with Gasteiger partial charge in [0.1, 0.15) is 6.61 Å². The van der Waals surface area contributed by atoms with Crippen molar-refractivity contribution in [2.45, 2.75) is 55.3 Å². The van der Waals surface area contributed by atoms with Crippen LogP contribution in [0.5, 0.6) is 0 Å². The summed E-state index contributed by atoms with van der Waals surface area (Å²) in [4.78, 5) is 0. The zero-order valence-corrected chi connectivity index (χ0v) is 16.4. The summed E-state index contributed by atoms with van der Waals surface area (Å²) in [7, 11) is 0. The van der Waals surface area contributed by atoms with Crippen molar-refractivity contribution >= 4 is 0 Å². The van der Waals surface area contributed by atoms with Gasteiger partial charge in [-0.2, -0.15) is 74.6 Å². The summed E-state index contributed by atoms with van der Waals surface area (Å²) in [5.41, 5.74) is -1.15. The van der Waals surface area contributed by atoms with Crippen LogP contribution in [0.4, 0.5) is 74.6 Å². The molecule has 0 bridgehead atoms. The number of hydrogen-bond donors (Lipinski definition) is 0. The minimum atomic E-state index is -7.89. The predicted octanol–water partition coefficient (Wildman–Crippen LogP) is 5.91. The summed E-state index contributed by atoms with van der Waals surface area (Å²) in [6, 6.07) is 0. The molecular weight excluding hydrogens is 555 g/mol. The Morgan fingerprint density at radius 3 is 1.40 bits per heavy atom. The zero-order valence-electron chi connectivity index (χ0n) is 16.4. The summed E-state index contributed by atoms with van der Waals surface area (Å²) < 4.78 is 233. The molecule has 0 aromatic carbocycles. The Labute approximate surface area is 182 Å². The maximum Gasteiger partial charge on any atom is 0.462 e. The van der Waals surface area contributed by atoms with Gasteiger partial charge < -0.3 is 9.47 Å². The molecule has 1 heterocycles. The first kappa shape index (κ1) is 31.7. The molecule has 2 unspecified atom stereocenters. The van der Waals surface area contributed by atoms with E-state index in [9.17, 15) is 74.6 Å². The summed E-state index contributed by atoms with van der Waals surface area (Å²) in [5.74, 6) is -21.9. The first-order valence-corrected chi connectivity index (χ1v) is 8.35.